The molecule has 1 atom stereocenters. The molecule has 100 valence electrons. The van der Waals surface area contributed by atoms with E-state index < -0.39 is 24.5 Å². The highest BCUT2D eigenvalue weighted by Crippen LogP contribution is 2.36. The molecule has 1 N–H and O–H groups in total. The Labute approximate surface area is 115 Å². The van der Waals surface area contributed by atoms with Crippen molar-refractivity contribution in [1.29, 1.82) is 0 Å². The van der Waals surface area contributed by atoms with Crippen molar-refractivity contribution in [3.63, 3.8) is 0 Å². The number of benzene rings is 1. The van der Waals surface area contributed by atoms with Crippen LogP contribution in [0.4, 0.5) is 0 Å². The van der Waals surface area contributed by atoms with Gasteiger partial charge in [-0.1, -0.05) is 33.7 Å². The number of hydrogen-bond acceptors (Lipinski definition) is 6. The molecule has 9 heteroatoms. The van der Waals surface area contributed by atoms with E-state index in [1.807, 2.05) is 6.26 Å². The average Bonchev–Trinajstić information content (AvgIpc) is 2.27. The Balaban J connectivity index is 3.17. The lowest BCUT2D eigenvalue weighted by molar-refractivity contribution is 0.354. The van der Waals surface area contributed by atoms with E-state index in [-0.39, 0.29) is 4.90 Å². The fraction of sp³-hybridized carbons (Fsp3) is 0.333. The highest BCUT2D eigenvalue weighted by Gasteiger charge is 2.26. The van der Waals surface area contributed by atoms with Crippen molar-refractivity contribution < 1.29 is 22.1 Å². The third-order valence-corrected chi connectivity index (χ3v) is 5.77. The number of rotatable bonds is 6. The molecule has 0 heterocycles. The second kappa shape index (κ2) is 6.88. The summed E-state index contributed by atoms with van der Waals surface area (Å²) in [6.07, 6.45) is 1.10. The van der Waals surface area contributed by atoms with Crippen LogP contribution in [0.3, 0.4) is 0 Å². The number of hydrogen-bond donors (Lipinski definition) is 1. The first-order valence-corrected chi connectivity index (χ1v) is 10.1. The van der Waals surface area contributed by atoms with E-state index in [1.165, 1.54) is 21.6 Å². The molecule has 0 aromatic heterocycles. The van der Waals surface area contributed by atoms with Gasteiger partial charge < -0.3 is 0 Å². The third-order valence-electron chi connectivity index (χ3n) is 1.92. The van der Waals surface area contributed by atoms with E-state index in [0.29, 0.717) is 10.5 Å². The Hall–Kier alpha value is -0.110. The molecule has 0 bridgehead atoms. The van der Waals surface area contributed by atoms with E-state index in [2.05, 4.69) is 4.18 Å². The molecular weight excluding hydrogens is 315 g/mol. The van der Waals surface area contributed by atoms with Crippen molar-refractivity contribution in [1.82, 2.24) is 0 Å². The standard InChI is InChI=1S/C9H11O5PS3/c1-7-4-3-5-8(17-16-2)9(7)18(12,13)14-6-15(10)11/h3-5H,6H2,1-2H3/p+1. The first-order chi connectivity index (χ1) is 8.38. The fourth-order valence-corrected chi connectivity index (χ4v) is 5.18. The van der Waals surface area contributed by atoms with E-state index in [4.69, 9.17) is 4.89 Å². The van der Waals surface area contributed by atoms with Crippen LogP contribution in [0, 0.1) is 6.92 Å². The second-order valence-corrected chi connectivity index (χ2v) is 8.16. The Morgan fingerprint density at radius 1 is 1.44 bits per heavy atom. The lowest BCUT2D eigenvalue weighted by Gasteiger charge is -2.09. The lowest BCUT2D eigenvalue weighted by Crippen LogP contribution is -2.09. The maximum Gasteiger partial charge on any atom is 0.535 e. The van der Waals surface area contributed by atoms with Crippen molar-refractivity contribution in [2.45, 2.75) is 16.7 Å². The molecule has 5 nitrogen and oxygen atoms in total. The molecule has 0 aliphatic carbocycles. The summed E-state index contributed by atoms with van der Waals surface area (Å²) in [5, 5.41) is 0. The van der Waals surface area contributed by atoms with Crippen LogP contribution >= 0.6 is 29.6 Å². The molecule has 0 saturated heterocycles. The van der Waals surface area contributed by atoms with Gasteiger partial charge in [0.05, 0.1) is 0 Å². The van der Waals surface area contributed by atoms with Gasteiger partial charge in [-0.15, -0.1) is 0 Å². The molecule has 1 unspecified atom stereocenters. The third kappa shape index (κ3) is 4.22. The van der Waals surface area contributed by atoms with Gasteiger partial charge in [-0.25, -0.2) is 4.18 Å². The quantitative estimate of drug-likeness (QED) is 0.489. The summed E-state index contributed by atoms with van der Waals surface area (Å²) in [7, 11) is -3.96. The molecule has 1 aromatic rings. The second-order valence-electron chi connectivity index (χ2n) is 3.21. The molecule has 18 heavy (non-hydrogen) atoms. The van der Waals surface area contributed by atoms with Gasteiger partial charge in [-0.2, -0.15) is 13.3 Å². The van der Waals surface area contributed by atoms with Crippen LogP contribution in [0.2, 0.25) is 0 Å². The van der Waals surface area contributed by atoms with E-state index in [1.54, 1.807) is 25.1 Å². The summed E-state index contributed by atoms with van der Waals surface area (Å²) >= 11 is 0. The maximum atomic E-state index is 12.0. The first-order valence-electron chi connectivity index (χ1n) is 4.71. The minimum Gasteiger partial charge on any atom is -0.213 e. The highest BCUT2D eigenvalue weighted by atomic mass is 33.1. The van der Waals surface area contributed by atoms with Gasteiger partial charge >= 0.3 is 18.1 Å². The predicted molar refractivity (Wildman–Crippen MR) is 73.5 cm³/mol. The molecule has 0 spiro atoms. The van der Waals surface area contributed by atoms with Crippen LogP contribution in [-0.2, 0) is 18.9 Å². The zero-order chi connectivity index (χ0) is 13.8. The predicted octanol–water partition coefficient (Wildman–Crippen LogP) is 2.76. The van der Waals surface area contributed by atoms with Crippen LogP contribution in [0.25, 0.3) is 0 Å². The smallest absolute Gasteiger partial charge is 0.213 e. The highest BCUT2D eigenvalue weighted by molar-refractivity contribution is 8.76. The Kier molecular flexibility index (Phi) is 6.10. The summed E-state index contributed by atoms with van der Waals surface area (Å²) in [4.78, 5) is 9.22. The van der Waals surface area contributed by atoms with Crippen LogP contribution in [0.1, 0.15) is 5.56 Å². The minimum absolute atomic E-state index is 0.0567. The van der Waals surface area contributed by atoms with Gasteiger partial charge in [0.15, 0.2) is 0 Å². The zero-order valence-electron chi connectivity index (χ0n) is 9.69. The number of aryl methyl sites for hydroxylation is 1. The van der Waals surface area contributed by atoms with Crippen molar-refractivity contribution >= 4 is 39.7 Å². The Bertz CT molecular complexity index is 543. The van der Waals surface area contributed by atoms with Gasteiger partial charge in [0.25, 0.3) is 6.35 Å². The topological polar surface area (TPSA) is 80.7 Å². The minimum atomic E-state index is -4.02. The first kappa shape index (κ1) is 15.9. The molecule has 0 fully saturated rings. The average molecular weight is 327 g/mol. The van der Waals surface area contributed by atoms with Crippen LogP contribution in [-0.4, -0.2) is 25.9 Å². The zero-order valence-corrected chi connectivity index (χ0v) is 13.0. The summed E-state index contributed by atoms with van der Waals surface area (Å²) in [5.41, 5.74) is 0.544. The maximum absolute atomic E-state index is 12.0. The molecule has 1 rings (SSSR count). The van der Waals surface area contributed by atoms with Crippen LogP contribution in [0.5, 0.6) is 0 Å². The van der Waals surface area contributed by atoms with Gasteiger partial charge in [-0.3, -0.25) is 0 Å². The van der Waals surface area contributed by atoms with Crippen molar-refractivity contribution in [2.24, 2.45) is 0 Å². The summed E-state index contributed by atoms with van der Waals surface area (Å²) in [6.45, 7) is 1.65. The molecule has 0 aliphatic heterocycles. The van der Waals surface area contributed by atoms with Crippen molar-refractivity contribution in [3.8, 4) is 0 Å². The molecule has 0 saturated carbocycles. The molecule has 0 radical (unpaired) electrons. The molecule has 0 aliphatic rings. The normalized spacial score (nSPS) is 12.5. The van der Waals surface area contributed by atoms with Gasteiger partial charge in [0.2, 0.25) is 0 Å². The monoisotopic (exact) mass is 327 g/mol. The summed E-state index contributed by atoms with van der Waals surface area (Å²) < 4.78 is 39.0. The lowest BCUT2D eigenvalue weighted by atomic mass is 10.2. The summed E-state index contributed by atoms with van der Waals surface area (Å²) in [5.74, 6) is 0. The largest absolute Gasteiger partial charge is 0.535 e. The summed E-state index contributed by atoms with van der Waals surface area (Å²) in [6, 6.07) is 5.07. The van der Waals surface area contributed by atoms with Gasteiger partial charge in [0.1, 0.15) is 4.90 Å². The SMILES string of the molecule is CSSc1cccc(C)c1S(=O)(=O)OC[P+](=O)O. The van der Waals surface area contributed by atoms with E-state index in [9.17, 15) is 13.0 Å². The van der Waals surface area contributed by atoms with Crippen molar-refractivity contribution in [2.75, 3.05) is 12.6 Å². The van der Waals surface area contributed by atoms with E-state index >= 15 is 0 Å². The molecular formula is C9H12O5PS3+. The van der Waals surface area contributed by atoms with Crippen LogP contribution in [0.15, 0.2) is 28.0 Å². The van der Waals surface area contributed by atoms with E-state index in [0.717, 1.165) is 0 Å². The molecule has 1 aromatic carbocycles. The fourth-order valence-electron chi connectivity index (χ4n) is 1.27. The van der Waals surface area contributed by atoms with Gasteiger partial charge in [-0.05, 0) is 29.4 Å². The van der Waals surface area contributed by atoms with Crippen LogP contribution < -0.4 is 0 Å². The molecule has 0 amide bonds. The Morgan fingerprint density at radius 3 is 2.67 bits per heavy atom. The van der Waals surface area contributed by atoms with Crippen molar-refractivity contribution in [3.05, 3.63) is 23.8 Å². The van der Waals surface area contributed by atoms with Gasteiger partial charge in [0, 0.05) is 4.90 Å². The Morgan fingerprint density at radius 2 is 2.11 bits per heavy atom.